The Balaban J connectivity index is -0.000000137. The third-order valence-electron chi connectivity index (χ3n) is 1.59. The summed E-state index contributed by atoms with van der Waals surface area (Å²) >= 11 is 0. The van der Waals surface area contributed by atoms with Gasteiger partial charge in [0.25, 0.3) is 0 Å². The SMILES string of the molecule is C/C=C(\[CH][CH][CH]C(C)O[C-]=O)O[Si](C)(C)C.[C-]#[O+].[C-]#[O+].[C-]#[O+].[Fe+2]. The maximum absolute atomic E-state index is 9.93. The molecule has 0 aliphatic rings. The molecule has 6 nitrogen and oxygen atoms in total. The number of carbonyl (C=O) groups excluding carboxylic acids is 1. The van der Waals surface area contributed by atoms with Crippen LogP contribution in [0.4, 0.5) is 0 Å². The van der Waals surface area contributed by atoms with Crippen LogP contribution in [0.3, 0.4) is 0 Å². The molecule has 1 atom stereocenters. The minimum absolute atomic E-state index is 0. The van der Waals surface area contributed by atoms with Crippen molar-refractivity contribution in [2.24, 2.45) is 0 Å². The zero-order chi connectivity index (χ0) is 18.6. The Kier molecular flexibility index (Phi) is 37.8. The summed E-state index contributed by atoms with van der Waals surface area (Å²) in [6.07, 6.45) is 7.10. The largest absolute Gasteiger partial charge is 2.00 e. The van der Waals surface area contributed by atoms with Gasteiger partial charge in [-0.05, 0) is 39.9 Å². The molecule has 0 spiro atoms. The molecule has 0 fully saturated rings. The molecule has 1 unspecified atom stereocenters. The fourth-order valence-corrected chi connectivity index (χ4v) is 1.86. The first kappa shape index (κ1) is 33.5. The first-order valence-electron chi connectivity index (χ1n) is 5.90. The molecule has 3 radical (unpaired) electrons. The van der Waals surface area contributed by atoms with Crippen LogP contribution in [-0.4, -0.2) is 20.9 Å². The van der Waals surface area contributed by atoms with E-state index in [1.807, 2.05) is 25.8 Å². The van der Waals surface area contributed by atoms with Gasteiger partial charge in [-0.3, -0.25) is 0 Å². The van der Waals surface area contributed by atoms with Crippen LogP contribution in [0, 0.1) is 39.2 Å². The summed E-state index contributed by atoms with van der Waals surface area (Å²) in [7, 11) is -1.56. The summed E-state index contributed by atoms with van der Waals surface area (Å²) < 4.78 is 32.9. The fraction of sp³-hybridized carbons (Fsp3) is 0.400. The van der Waals surface area contributed by atoms with Gasteiger partial charge in [-0.2, -0.15) is 0 Å². The Morgan fingerprint density at radius 2 is 1.57 bits per heavy atom. The fourth-order valence-electron chi connectivity index (χ4n) is 0.965. The van der Waals surface area contributed by atoms with Gasteiger partial charge in [-0.15, -0.1) is 0 Å². The number of rotatable bonds is 8. The van der Waals surface area contributed by atoms with E-state index in [1.165, 1.54) is 6.47 Å². The molecular formula is C15H20FeO6Si+. The van der Waals surface area contributed by atoms with E-state index in [4.69, 9.17) is 18.4 Å². The average molecular weight is 380 g/mol. The predicted octanol–water partition coefficient (Wildman–Crippen LogP) is 2.71. The molecule has 0 bridgehead atoms. The van der Waals surface area contributed by atoms with E-state index in [0.717, 1.165) is 5.76 Å². The predicted molar refractivity (Wildman–Crippen MR) is 79.1 cm³/mol. The molecule has 0 aliphatic heterocycles. The normalized spacial score (nSPS) is 10.3. The molecule has 0 aromatic carbocycles. The van der Waals surface area contributed by atoms with Crippen molar-refractivity contribution in [3.63, 3.8) is 0 Å². The van der Waals surface area contributed by atoms with E-state index in [9.17, 15) is 4.79 Å². The second-order valence-corrected chi connectivity index (χ2v) is 8.79. The second kappa shape index (κ2) is 25.9. The minimum Gasteiger partial charge on any atom is 2.00 e. The molecule has 0 N–H and O–H groups in total. The van der Waals surface area contributed by atoms with Crippen molar-refractivity contribution >= 4 is 14.8 Å². The molecule has 0 aromatic rings. The van der Waals surface area contributed by atoms with Crippen LogP contribution in [-0.2, 0) is 45.0 Å². The van der Waals surface area contributed by atoms with Crippen LogP contribution in [0.1, 0.15) is 13.8 Å². The van der Waals surface area contributed by atoms with Crippen molar-refractivity contribution in [1.82, 2.24) is 0 Å². The van der Waals surface area contributed by atoms with E-state index < -0.39 is 8.32 Å². The zero-order valence-corrected chi connectivity index (χ0v) is 15.8. The standard InChI is InChI=1S/C12H20O3Si.3CO.Fe/c1-6-12(15-16(3,4)5)9-7-8-11(2)14-10-13;3*1-2;/h6-9,11H,1-5H3;;;;/q-1;;;;+2/b12-6+;;;;. The molecule has 0 amide bonds. The van der Waals surface area contributed by atoms with Crippen molar-refractivity contribution in [1.29, 1.82) is 0 Å². The summed E-state index contributed by atoms with van der Waals surface area (Å²) in [4.78, 5) is 9.93. The van der Waals surface area contributed by atoms with E-state index in [-0.39, 0.29) is 23.2 Å². The van der Waals surface area contributed by atoms with Gasteiger partial charge >= 0.3 is 51.0 Å². The summed E-state index contributed by atoms with van der Waals surface area (Å²) in [5, 5.41) is 0. The van der Waals surface area contributed by atoms with Crippen LogP contribution in [0.2, 0.25) is 19.6 Å². The van der Waals surface area contributed by atoms with E-state index in [0.29, 0.717) is 0 Å². The van der Waals surface area contributed by atoms with Gasteiger partial charge in [-0.1, -0.05) is 12.5 Å². The van der Waals surface area contributed by atoms with Gasteiger partial charge in [0.2, 0.25) is 8.32 Å². The molecule has 0 heterocycles. The molecule has 0 rings (SSSR count). The second-order valence-electron chi connectivity index (χ2n) is 4.36. The van der Waals surface area contributed by atoms with Crippen molar-refractivity contribution in [2.45, 2.75) is 39.6 Å². The van der Waals surface area contributed by atoms with Crippen molar-refractivity contribution in [2.75, 3.05) is 0 Å². The topological polar surface area (TPSA) is 95.2 Å². The van der Waals surface area contributed by atoms with Crippen LogP contribution in [0.25, 0.3) is 0 Å². The quantitative estimate of drug-likeness (QED) is 0.280. The Hall–Kier alpha value is -1.03. The Morgan fingerprint density at radius 1 is 1.13 bits per heavy atom. The van der Waals surface area contributed by atoms with Gasteiger partial charge in [0.1, 0.15) is 0 Å². The average Bonchev–Trinajstić information content (AvgIpc) is 2.51. The first-order chi connectivity index (χ1) is 10.4. The maximum Gasteiger partial charge on any atom is 2.00 e. The van der Waals surface area contributed by atoms with Gasteiger partial charge in [0.15, 0.2) is 0 Å². The number of allylic oxidation sites excluding steroid dienone is 2. The van der Waals surface area contributed by atoms with E-state index >= 15 is 0 Å². The van der Waals surface area contributed by atoms with Gasteiger partial charge in [0.05, 0.1) is 11.9 Å². The number of hydrogen-bond donors (Lipinski definition) is 0. The smallest absolute Gasteiger partial charge is 2.00 e. The third-order valence-corrected chi connectivity index (χ3v) is 2.43. The van der Waals surface area contributed by atoms with Gasteiger partial charge < -0.3 is 14.0 Å². The molecule has 127 valence electrons. The summed E-state index contributed by atoms with van der Waals surface area (Å²) in [6, 6.07) is 0. The maximum atomic E-state index is 9.93. The molecule has 0 aliphatic carbocycles. The molecule has 0 saturated carbocycles. The Labute approximate surface area is 150 Å². The molecule has 8 heteroatoms. The summed E-state index contributed by atoms with van der Waals surface area (Å²) in [5.41, 5.74) is 0. The third kappa shape index (κ3) is 33.7. The van der Waals surface area contributed by atoms with Crippen LogP contribution < -0.4 is 0 Å². The molecule has 23 heavy (non-hydrogen) atoms. The van der Waals surface area contributed by atoms with Crippen LogP contribution in [0.15, 0.2) is 11.8 Å². The van der Waals surface area contributed by atoms with Gasteiger partial charge in [-0.25, -0.2) is 0 Å². The van der Waals surface area contributed by atoms with Crippen LogP contribution in [0.5, 0.6) is 0 Å². The zero-order valence-electron chi connectivity index (χ0n) is 13.7. The van der Waals surface area contributed by atoms with E-state index in [1.54, 1.807) is 13.3 Å². The number of ether oxygens (including phenoxy) is 1. The number of hydrogen-bond acceptors (Lipinski definition) is 3. The Morgan fingerprint density at radius 3 is 1.87 bits per heavy atom. The summed E-state index contributed by atoms with van der Waals surface area (Å²) in [6.45, 7) is 25.0. The van der Waals surface area contributed by atoms with E-state index in [2.05, 4.69) is 44.3 Å². The first-order valence-corrected chi connectivity index (χ1v) is 9.30. The molecule has 0 saturated heterocycles. The van der Waals surface area contributed by atoms with Crippen molar-refractivity contribution in [3.05, 3.63) is 51.0 Å². The van der Waals surface area contributed by atoms with Crippen molar-refractivity contribution < 1.29 is 45.0 Å². The Bertz CT molecular complexity index is 330. The van der Waals surface area contributed by atoms with Crippen molar-refractivity contribution in [3.8, 4) is 0 Å². The summed E-state index contributed by atoms with van der Waals surface area (Å²) in [5.74, 6) is 0.845. The molecule has 0 aromatic heterocycles. The van der Waals surface area contributed by atoms with Gasteiger partial charge in [0, 0.05) is 12.8 Å². The minimum atomic E-state index is -1.56. The monoisotopic (exact) mass is 380 g/mol. The molecular weight excluding hydrogens is 360 g/mol. The van der Waals surface area contributed by atoms with Crippen LogP contribution >= 0.6 is 0 Å².